The lowest BCUT2D eigenvalue weighted by Gasteiger charge is -2.37. The second-order valence-corrected chi connectivity index (χ2v) is 7.70. The van der Waals surface area contributed by atoms with Crippen LogP contribution in [-0.4, -0.2) is 46.6 Å². The number of hydrogen-bond donors (Lipinski definition) is 1. The summed E-state index contributed by atoms with van der Waals surface area (Å²) < 4.78 is 26.8. The Morgan fingerprint density at radius 3 is 2.29 bits per heavy atom. The van der Waals surface area contributed by atoms with Gasteiger partial charge in [0.1, 0.15) is 10.7 Å². The Kier molecular flexibility index (Phi) is 4.73. The highest BCUT2D eigenvalue weighted by molar-refractivity contribution is 7.89. The van der Waals surface area contributed by atoms with Crippen LogP contribution in [0.4, 0.5) is 11.5 Å². The van der Waals surface area contributed by atoms with Crippen LogP contribution < -0.4 is 14.5 Å². The van der Waals surface area contributed by atoms with Crippen LogP contribution in [0.3, 0.4) is 0 Å². The minimum atomic E-state index is -3.47. The van der Waals surface area contributed by atoms with Crippen molar-refractivity contribution in [2.24, 2.45) is 0 Å². The van der Waals surface area contributed by atoms with Gasteiger partial charge in [0.25, 0.3) is 0 Å². The zero-order valence-corrected chi connectivity index (χ0v) is 14.8. The van der Waals surface area contributed by atoms with Crippen molar-refractivity contribution in [3.8, 4) is 0 Å². The fourth-order valence-electron chi connectivity index (χ4n) is 2.88. The van der Waals surface area contributed by atoms with Crippen molar-refractivity contribution in [2.75, 3.05) is 43.0 Å². The van der Waals surface area contributed by atoms with Crippen LogP contribution in [0.1, 0.15) is 5.56 Å². The lowest BCUT2D eigenvalue weighted by atomic mass is 10.2. The van der Waals surface area contributed by atoms with E-state index in [1.54, 1.807) is 12.1 Å². The standard InChI is InChI=1S/C17H22N4O2S/c1-14-7-8-17(19-13-14)21-11-9-20(10-12-21)15-5-3-4-6-16(15)24(22,23)18-2/h3-8,13,18H,9-12H2,1-2H3. The molecule has 128 valence electrons. The van der Waals surface area contributed by atoms with E-state index in [4.69, 9.17) is 0 Å². The van der Waals surface area contributed by atoms with Gasteiger partial charge in [-0.25, -0.2) is 18.1 Å². The molecular formula is C17H22N4O2S. The van der Waals surface area contributed by atoms with Gasteiger partial charge in [0.05, 0.1) is 5.69 Å². The summed E-state index contributed by atoms with van der Waals surface area (Å²) in [4.78, 5) is 9.15. The predicted octanol–water partition coefficient (Wildman–Crippen LogP) is 1.62. The summed E-state index contributed by atoms with van der Waals surface area (Å²) in [6, 6.07) is 11.2. The molecule has 24 heavy (non-hydrogen) atoms. The van der Waals surface area contributed by atoms with Crippen molar-refractivity contribution in [1.29, 1.82) is 0 Å². The van der Waals surface area contributed by atoms with Crippen molar-refractivity contribution in [2.45, 2.75) is 11.8 Å². The van der Waals surface area contributed by atoms with Crippen LogP contribution in [0.15, 0.2) is 47.5 Å². The van der Waals surface area contributed by atoms with Crippen molar-refractivity contribution < 1.29 is 8.42 Å². The average molecular weight is 346 g/mol. The number of rotatable bonds is 4. The number of benzene rings is 1. The summed E-state index contributed by atoms with van der Waals surface area (Å²) in [6.07, 6.45) is 1.87. The number of nitrogens with one attached hydrogen (secondary N) is 1. The fraction of sp³-hybridized carbons (Fsp3) is 0.353. The molecule has 0 amide bonds. The maximum atomic E-state index is 12.2. The summed E-state index contributed by atoms with van der Waals surface area (Å²) in [5, 5.41) is 0. The number of pyridine rings is 1. The highest BCUT2D eigenvalue weighted by atomic mass is 32.2. The lowest BCUT2D eigenvalue weighted by molar-refractivity contribution is 0.586. The minimum Gasteiger partial charge on any atom is -0.367 e. The molecule has 1 fully saturated rings. The third-order valence-electron chi connectivity index (χ3n) is 4.26. The van der Waals surface area contributed by atoms with E-state index in [2.05, 4.69) is 25.6 Å². The molecule has 7 heteroatoms. The van der Waals surface area contributed by atoms with Crippen LogP contribution in [0.25, 0.3) is 0 Å². The second kappa shape index (κ2) is 6.78. The molecule has 0 bridgehead atoms. The number of aromatic nitrogens is 1. The summed E-state index contributed by atoms with van der Waals surface area (Å²) in [6.45, 7) is 5.15. The van der Waals surface area contributed by atoms with E-state index in [0.29, 0.717) is 4.90 Å². The number of nitrogens with zero attached hydrogens (tertiary/aromatic N) is 3. The molecule has 1 saturated heterocycles. The summed E-state index contributed by atoms with van der Waals surface area (Å²) >= 11 is 0. The molecule has 1 aliphatic heterocycles. The van der Waals surface area contributed by atoms with Crippen LogP contribution in [-0.2, 0) is 10.0 Å². The molecule has 0 spiro atoms. The van der Waals surface area contributed by atoms with E-state index in [-0.39, 0.29) is 0 Å². The maximum Gasteiger partial charge on any atom is 0.242 e. The monoisotopic (exact) mass is 346 g/mol. The van der Waals surface area contributed by atoms with E-state index < -0.39 is 10.0 Å². The molecule has 6 nitrogen and oxygen atoms in total. The molecule has 1 aromatic heterocycles. The van der Waals surface area contributed by atoms with Gasteiger partial charge in [-0.1, -0.05) is 18.2 Å². The van der Waals surface area contributed by atoms with E-state index >= 15 is 0 Å². The molecule has 2 heterocycles. The topological polar surface area (TPSA) is 65.5 Å². The molecule has 1 N–H and O–H groups in total. The normalized spacial score (nSPS) is 15.6. The Hall–Kier alpha value is -2.12. The number of hydrogen-bond acceptors (Lipinski definition) is 5. The largest absolute Gasteiger partial charge is 0.367 e. The zero-order valence-electron chi connectivity index (χ0n) is 13.9. The van der Waals surface area contributed by atoms with Gasteiger partial charge >= 0.3 is 0 Å². The predicted molar refractivity (Wildman–Crippen MR) is 96.1 cm³/mol. The van der Waals surface area contributed by atoms with Crippen LogP contribution >= 0.6 is 0 Å². The molecule has 0 unspecified atom stereocenters. The number of sulfonamides is 1. The van der Waals surface area contributed by atoms with Gasteiger partial charge in [-0.2, -0.15) is 0 Å². The molecule has 0 atom stereocenters. The zero-order chi connectivity index (χ0) is 17.2. The van der Waals surface area contributed by atoms with Gasteiger partial charge in [-0.15, -0.1) is 0 Å². The van der Waals surface area contributed by atoms with Crippen molar-refractivity contribution >= 4 is 21.5 Å². The van der Waals surface area contributed by atoms with Crippen molar-refractivity contribution in [3.05, 3.63) is 48.2 Å². The van der Waals surface area contributed by atoms with E-state index in [1.165, 1.54) is 7.05 Å². The quantitative estimate of drug-likeness (QED) is 0.911. The van der Waals surface area contributed by atoms with E-state index in [9.17, 15) is 8.42 Å². The Balaban J connectivity index is 1.77. The number of piperazine rings is 1. The third kappa shape index (κ3) is 3.37. The molecular weight excluding hydrogens is 324 g/mol. The number of para-hydroxylation sites is 1. The van der Waals surface area contributed by atoms with Crippen molar-refractivity contribution in [3.63, 3.8) is 0 Å². The Morgan fingerprint density at radius 1 is 1.00 bits per heavy atom. The molecule has 1 aromatic carbocycles. The maximum absolute atomic E-state index is 12.2. The SMILES string of the molecule is CNS(=O)(=O)c1ccccc1N1CCN(c2ccc(C)cn2)CC1. The Labute approximate surface area is 143 Å². The first kappa shape index (κ1) is 16.7. The highest BCUT2D eigenvalue weighted by Gasteiger charge is 2.24. The number of anilines is 2. The van der Waals surface area contributed by atoms with Crippen LogP contribution in [0.2, 0.25) is 0 Å². The van der Waals surface area contributed by atoms with Crippen molar-refractivity contribution in [1.82, 2.24) is 9.71 Å². The van der Waals surface area contributed by atoms with Gasteiger partial charge in [-0.05, 0) is 37.7 Å². The van der Waals surface area contributed by atoms with Gasteiger partial charge in [0.2, 0.25) is 10.0 Å². The first-order chi connectivity index (χ1) is 11.5. The lowest BCUT2D eigenvalue weighted by Crippen LogP contribution is -2.47. The minimum absolute atomic E-state index is 0.328. The first-order valence-electron chi connectivity index (χ1n) is 7.96. The third-order valence-corrected chi connectivity index (χ3v) is 5.73. The second-order valence-electron chi connectivity index (χ2n) is 5.84. The summed E-state index contributed by atoms with van der Waals surface area (Å²) in [5.41, 5.74) is 1.90. The van der Waals surface area contributed by atoms with Gasteiger partial charge in [0.15, 0.2) is 0 Å². The summed E-state index contributed by atoms with van der Waals surface area (Å²) in [7, 11) is -2.03. The van der Waals surface area contributed by atoms with E-state index in [0.717, 1.165) is 43.2 Å². The van der Waals surface area contributed by atoms with E-state index in [1.807, 2.05) is 31.3 Å². The van der Waals surface area contributed by atoms with Crippen LogP contribution in [0.5, 0.6) is 0 Å². The van der Waals surface area contributed by atoms with Gasteiger partial charge in [0, 0.05) is 32.4 Å². The molecule has 0 radical (unpaired) electrons. The molecule has 2 aromatic rings. The Bertz CT molecular complexity index is 798. The molecule has 0 aliphatic carbocycles. The average Bonchev–Trinajstić information content (AvgIpc) is 2.62. The smallest absolute Gasteiger partial charge is 0.242 e. The first-order valence-corrected chi connectivity index (χ1v) is 9.45. The number of aryl methyl sites for hydroxylation is 1. The van der Waals surface area contributed by atoms with Gasteiger partial charge < -0.3 is 9.80 Å². The fourth-order valence-corrected chi connectivity index (χ4v) is 3.83. The molecule has 3 rings (SSSR count). The van der Waals surface area contributed by atoms with Crippen LogP contribution in [0, 0.1) is 6.92 Å². The highest BCUT2D eigenvalue weighted by Crippen LogP contribution is 2.26. The molecule has 0 saturated carbocycles. The Morgan fingerprint density at radius 2 is 1.67 bits per heavy atom. The summed E-state index contributed by atoms with van der Waals surface area (Å²) in [5.74, 6) is 0.969. The molecule has 1 aliphatic rings. The van der Waals surface area contributed by atoms with Gasteiger partial charge in [-0.3, -0.25) is 0 Å².